The van der Waals surface area contributed by atoms with E-state index in [1.807, 2.05) is 0 Å². The van der Waals surface area contributed by atoms with Gasteiger partial charge >= 0.3 is 5.97 Å². The summed E-state index contributed by atoms with van der Waals surface area (Å²) in [5.41, 5.74) is 0.244. The van der Waals surface area contributed by atoms with Crippen LogP contribution in [0.15, 0.2) is 24.3 Å². The molecule has 1 fully saturated rings. The van der Waals surface area contributed by atoms with E-state index in [0.717, 1.165) is 6.42 Å². The number of aromatic carboxylic acids is 1. The minimum Gasteiger partial charge on any atom is -0.492 e. The molecule has 0 aromatic heterocycles. The van der Waals surface area contributed by atoms with Crippen LogP contribution in [0.3, 0.4) is 0 Å². The number of hydrogen-bond donors (Lipinski definition) is 3. The lowest BCUT2D eigenvalue weighted by atomic mass is 10.1. The lowest BCUT2D eigenvalue weighted by Gasteiger charge is -2.23. The zero-order valence-corrected chi connectivity index (χ0v) is 11.1. The summed E-state index contributed by atoms with van der Waals surface area (Å²) in [6.45, 7) is 1.84. The summed E-state index contributed by atoms with van der Waals surface area (Å²) < 4.78 is 5.51. The molecule has 6 nitrogen and oxygen atoms in total. The van der Waals surface area contributed by atoms with Gasteiger partial charge in [0.25, 0.3) is 0 Å². The second-order valence-corrected chi connectivity index (χ2v) is 4.67. The van der Waals surface area contributed by atoms with Gasteiger partial charge in [-0.25, -0.2) is 4.79 Å². The predicted octanol–water partition coefficient (Wildman–Crippen LogP) is 0.632. The summed E-state index contributed by atoms with van der Waals surface area (Å²) >= 11 is 0. The van der Waals surface area contributed by atoms with Crippen LogP contribution in [0.25, 0.3) is 0 Å². The summed E-state index contributed by atoms with van der Waals surface area (Å²) in [6, 6.07) is 6.61. The molecule has 20 heavy (non-hydrogen) atoms. The molecule has 6 heteroatoms. The fraction of sp³-hybridized carbons (Fsp3) is 0.429. The van der Waals surface area contributed by atoms with Gasteiger partial charge in [-0.2, -0.15) is 0 Å². The average Bonchev–Trinajstić information content (AvgIpc) is 2.46. The van der Waals surface area contributed by atoms with Crippen LogP contribution in [0.5, 0.6) is 5.75 Å². The Morgan fingerprint density at radius 1 is 1.40 bits per heavy atom. The van der Waals surface area contributed by atoms with Crippen LogP contribution in [0.4, 0.5) is 0 Å². The Hall–Kier alpha value is -2.08. The number of carboxylic acids is 1. The maximum Gasteiger partial charge on any atom is 0.335 e. The summed E-state index contributed by atoms with van der Waals surface area (Å²) in [7, 11) is 0. The van der Waals surface area contributed by atoms with Crippen molar-refractivity contribution in [3.05, 3.63) is 29.8 Å². The largest absolute Gasteiger partial charge is 0.492 e. The Bertz CT molecular complexity index is 463. The highest BCUT2D eigenvalue weighted by molar-refractivity contribution is 5.87. The van der Waals surface area contributed by atoms with Crippen LogP contribution < -0.4 is 15.4 Å². The van der Waals surface area contributed by atoms with Crippen molar-refractivity contribution in [3.8, 4) is 5.75 Å². The topological polar surface area (TPSA) is 87.7 Å². The molecule has 1 aliphatic rings. The van der Waals surface area contributed by atoms with Gasteiger partial charge in [0.05, 0.1) is 5.56 Å². The number of carbonyl (C=O) groups is 2. The number of carboxylic acid groups (broad SMARTS) is 1. The van der Waals surface area contributed by atoms with Gasteiger partial charge in [0.1, 0.15) is 12.4 Å². The summed E-state index contributed by atoms with van der Waals surface area (Å²) in [5.74, 6) is -0.191. The second-order valence-electron chi connectivity index (χ2n) is 4.67. The number of amides is 1. The van der Waals surface area contributed by atoms with E-state index in [9.17, 15) is 9.59 Å². The van der Waals surface area contributed by atoms with Crippen molar-refractivity contribution in [3.63, 3.8) is 0 Å². The Morgan fingerprint density at radius 2 is 2.15 bits per heavy atom. The van der Waals surface area contributed by atoms with Crippen LogP contribution in [0.2, 0.25) is 0 Å². The van der Waals surface area contributed by atoms with Crippen molar-refractivity contribution in [2.24, 2.45) is 0 Å². The van der Waals surface area contributed by atoms with Crippen molar-refractivity contribution in [2.75, 3.05) is 19.7 Å². The highest BCUT2D eigenvalue weighted by atomic mass is 16.5. The van der Waals surface area contributed by atoms with Gasteiger partial charge in [0, 0.05) is 25.6 Å². The summed E-state index contributed by atoms with van der Waals surface area (Å²) in [6.07, 6.45) is 1.41. The lowest BCUT2D eigenvalue weighted by molar-refractivity contribution is -0.122. The van der Waals surface area contributed by atoms with Gasteiger partial charge in [0.15, 0.2) is 0 Å². The zero-order chi connectivity index (χ0) is 14.4. The number of hydrogen-bond acceptors (Lipinski definition) is 4. The van der Waals surface area contributed by atoms with Crippen LogP contribution in [-0.4, -0.2) is 42.7 Å². The first-order chi connectivity index (χ1) is 9.65. The van der Waals surface area contributed by atoms with Crippen LogP contribution >= 0.6 is 0 Å². The molecular formula is C14H18N2O4. The number of benzene rings is 1. The molecule has 1 atom stereocenters. The Morgan fingerprint density at radius 3 is 2.75 bits per heavy atom. The Balaban J connectivity index is 1.65. The highest BCUT2D eigenvalue weighted by Crippen LogP contribution is 2.11. The number of rotatable bonds is 6. The van der Waals surface area contributed by atoms with Gasteiger partial charge < -0.3 is 20.5 Å². The van der Waals surface area contributed by atoms with Gasteiger partial charge in [-0.05, 0) is 30.7 Å². The third kappa shape index (κ3) is 4.24. The van der Waals surface area contributed by atoms with Crippen molar-refractivity contribution in [1.29, 1.82) is 0 Å². The lowest BCUT2D eigenvalue weighted by Crippen LogP contribution is -2.46. The van der Waals surface area contributed by atoms with E-state index in [-0.39, 0.29) is 11.5 Å². The first kappa shape index (κ1) is 14.3. The molecule has 108 valence electrons. The van der Waals surface area contributed by atoms with Crippen LogP contribution in [0, 0.1) is 0 Å². The number of nitrogens with one attached hydrogen (secondary N) is 2. The molecule has 1 amide bonds. The van der Waals surface area contributed by atoms with Crippen LogP contribution in [-0.2, 0) is 4.79 Å². The van der Waals surface area contributed by atoms with Gasteiger partial charge in [-0.15, -0.1) is 0 Å². The minimum absolute atomic E-state index is 0.109. The summed E-state index contributed by atoms with van der Waals surface area (Å²) in [5, 5.41) is 14.9. The van der Waals surface area contributed by atoms with E-state index in [0.29, 0.717) is 37.9 Å². The van der Waals surface area contributed by atoms with Gasteiger partial charge in [-0.1, -0.05) is 0 Å². The monoisotopic (exact) mass is 278 g/mol. The quantitative estimate of drug-likeness (QED) is 0.664. The Kier molecular flexibility index (Phi) is 4.95. The van der Waals surface area contributed by atoms with E-state index in [1.54, 1.807) is 12.1 Å². The van der Waals surface area contributed by atoms with Crippen molar-refractivity contribution in [2.45, 2.75) is 18.9 Å². The molecule has 1 unspecified atom stereocenters. The number of carbonyl (C=O) groups excluding carboxylic acids is 1. The SMILES string of the molecule is O=C1CCC(NCCOc2ccc(C(=O)O)cc2)CN1. The molecule has 2 rings (SSSR count). The molecule has 1 aliphatic heterocycles. The molecule has 1 aromatic rings. The Labute approximate surface area is 117 Å². The summed E-state index contributed by atoms with van der Waals surface area (Å²) in [4.78, 5) is 21.7. The maximum atomic E-state index is 11.0. The normalized spacial score (nSPS) is 18.4. The fourth-order valence-corrected chi connectivity index (χ4v) is 2.03. The zero-order valence-electron chi connectivity index (χ0n) is 11.1. The standard InChI is InChI=1S/C14H18N2O4/c17-13-6-3-11(9-16-13)15-7-8-20-12-4-1-10(2-5-12)14(18)19/h1-2,4-5,11,15H,3,6-9H2,(H,16,17)(H,18,19). The molecule has 0 radical (unpaired) electrons. The highest BCUT2D eigenvalue weighted by Gasteiger charge is 2.16. The van der Waals surface area contributed by atoms with E-state index in [1.165, 1.54) is 12.1 Å². The molecule has 1 heterocycles. The van der Waals surface area contributed by atoms with Crippen LogP contribution in [0.1, 0.15) is 23.2 Å². The molecular weight excluding hydrogens is 260 g/mol. The van der Waals surface area contributed by atoms with E-state index in [2.05, 4.69) is 10.6 Å². The van der Waals surface area contributed by atoms with Crippen molar-refractivity contribution in [1.82, 2.24) is 10.6 Å². The van der Waals surface area contributed by atoms with Crippen molar-refractivity contribution < 1.29 is 19.4 Å². The van der Waals surface area contributed by atoms with Crippen molar-refractivity contribution >= 4 is 11.9 Å². The first-order valence-corrected chi connectivity index (χ1v) is 6.61. The predicted molar refractivity (Wildman–Crippen MR) is 72.9 cm³/mol. The molecule has 0 spiro atoms. The molecule has 0 saturated carbocycles. The van der Waals surface area contributed by atoms with E-state index in [4.69, 9.17) is 9.84 Å². The molecule has 0 bridgehead atoms. The molecule has 1 saturated heterocycles. The third-order valence-electron chi connectivity index (χ3n) is 3.17. The van der Waals surface area contributed by atoms with Gasteiger partial charge in [0.2, 0.25) is 5.91 Å². The second kappa shape index (κ2) is 6.91. The number of piperidine rings is 1. The van der Waals surface area contributed by atoms with E-state index < -0.39 is 5.97 Å². The molecule has 3 N–H and O–H groups in total. The smallest absolute Gasteiger partial charge is 0.335 e. The fourth-order valence-electron chi connectivity index (χ4n) is 2.03. The number of ether oxygens (including phenoxy) is 1. The third-order valence-corrected chi connectivity index (χ3v) is 3.17. The van der Waals surface area contributed by atoms with E-state index >= 15 is 0 Å². The molecule has 0 aliphatic carbocycles. The first-order valence-electron chi connectivity index (χ1n) is 6.61. The average molecular weight is 278 g/mol. The minimum atomic E-state index is -0.947. The maximum absolute atomic E-state index is 11.0. The van der Waals surface area contributed by atoms with Gasteiger partial charge in [-0.3, -0.25) is 4.79 Å². The molecule has 1 aromatic carbocycles.